The Morgan fingerprint density at radius 3 is 2.67 bits per heavy atom. The Balaban J connectivity index is 1.70. The van der Waals surface area contributed by atoms with Crippen LogP contribution in [0.25, 0.3) is 0 Å². The summed E-state index contributed by atoms with van der Waals surface area (Å²) in [4.78, 5) is 13.9. The summed E-state index contributed by atoms with van der Waals surface area (Å²) in [7, 11) is 0. The molecule has 116 valence electrons. The summed E-state index contributed by atoms with van der Waals surface area (Å²) in [6, 6.07) is 10.0. The van der Waals surface area contributed by atoms with Gasteiger partial charge in [0.1, 0.15) is 13.1 Å². The molecular weight excluding hydrogens is 264 g/mol. The minimum atomic E-state index is -0.0260. The number of hydrogen-bond donors (Lipinski definition) is 2. The summed E-state index contributed by atoms with van der Waals surface area (Å²) in [5, 5.41) is 3.09. The summed E-state index contributed by atoms with van der Waals surface area (Å²) < 4.78 is 5.35. The Morgan fingerprint density at radius 2 is 2.00 bits per heavy atom. The minimum Gasteiger partial charge on any atom is -0.370 e. The Morgan fingerprint density at radius 1 is 1.29 bits per heavy atom. The van der Waals surface area contributed by atoms with E-state index in [4.69, 9.17) is 4.74 Å². The zero-order valence-electron chi connectivity index (χ0n) is 12.9. The number of hydrogen-bond acceptors (Lipinski definition) is 2. The van der Waals surface area contributed by atoms with Crippen LogP contribution in [0.2, 0.25) is 0 Å². The highest BCUT2D eigenvalue weighted by atomic mass is 16.5. The maximum atomic E-state index is 12.3. The number of carbonyl (C=O) groups is 1. The van der Waals surface area contributed by atoms with Crippen molar-refractivity contribution in [3.63, 3.8) is 0 Å². The molecule has 0 spiro atoms. The molecule has 1 amide bonds. The number of benzene rings is 1. The van der Waals surface area contributed by atoms with Gasteiger partial charge in [0.15, 0.2) is 0 Å². The quantitative estimate of drug-likeness (QED) is 0.723. The molecule has 0 radical (unpaired) electrons. The SMILES string of the molecule is CC[C@H](C(=O)NCCC[NH+]1CCOCC1)c1ccccc1. The van der Waals surface area contributed by atoms with Gasteiger partial charge in [0, 0.05) is 13.0 Å². The third-order valence-electron chi connectivity index (χ3n) is 4.13. The molecule has 4 heteroatoms. The second kappa shape index (κ2) is 8.80. The third kappa shape index (κ3) is 5.14. The summed E-state index contributed by atoms with van der Waals surface area (Å²) in [6.07, 6.45) is 1.87. The number of morpholine rings is 1. The monoisotopic (exact) mass is 291 g/mol. The second-order valence-electron chi connectivity index (χ2n) is 5.63. The lowest BCUT2D eigenvalue weighted by Gasteiger charge is -2.23. The van der Waals surface area contributed by atoms with E-state index in [9.17, 15) is 4.79 Å². The number of carbonyl (C=O) groups excluding carboxylic acids is 1. The van der Waals surface area contributed by atoms with Crippen molar-refractivity contribution in [1.29, 1.82) is 0 Å². The topological polar surface area (TPSA) is 42.8 Å². The van der Waals surface area contributed by atoms with Crippen molar-refractivity contribution in [2.45, 2.75) is 25.7 Å². The van der Waals surface area contributed by atoms with Crippen LogP contribution in [-0.2, 0) is 9.53 Å². The van der Waals surface area contributed by atoms with Gasteiger partial charge >= 0.3 is 0 Å². The molecule has 1 heterocycles. The molecule has 0 aromatic heterocycles. The van der Waals surface area contributed by atoms with Gasteiger partial charge in [-0.1, -0.05) is 37.3 Å². The maximum absolute atomic E-state index is 12.3. The molecule has 1 aromatic rings. The van der Waals surface area contributed by atoms with Crippen LogP contribution in [0.1, 0.15) is 31.2 Å². The highest BCUT2D eigenvalue weighted by molar-refractivity contribution is 5.83. The average molecular weight is 291 g/mol. The fraction of sp³-hybridized carbons (Fsp3) is 0.588. The van der Waals surface area contributed by atoms with E-state index in [0.29, 0.717) is 0 Å². The first-order valence-electron chi connectivity index (χ1n) is 8.05. The summed E-state index contributed by atoms with van der Waals surface area (Å²) in [6.45, 7) is 7.87. The predicted octanol–water partition coefficient (Wildman–Crippen LogP) is 0.602. The van der Waals surface area contributed by atoms with E-state index in [-0.39, 0.29) is 11.8 Å². The normalized spacial score (nSPS) is 17.4. The second-order valence-corrected chi connectivity index (χ2v) is 5.63. The molecule has 0 bridgehead atoms. The smallest absolute Gasteiger partial charge is 0.227 e. The van der Waals surface area contributed by atoms with E-state index >= 15 is 0 Å². The van der Waals surface area contributed by atoms with Gasteiger partial charge in [0.05, 0.1) is 25.7 Å². The Hall–Kier alpha value is -1.39. The van der Waals surface area contributed by atoms with Gasteiger partial charge in [0.2, 0.25) is 5.91 Å². The van der Waals surface area contributed by atoms with E-state index in [1.165, 1.54) is 0 Å². The van der Waals surface area contributed by atoms with Gasteiger partial charge in [0.25, 0.3) is 0 Å². The molecule has 1 fully saturated rings. The lowest BCUT2D eigenvalue weighted by Crippen LogP contribution is -3.14. The fourth-order valence-corrected chi connectivity index (χ4v) is 2.84. The molecule has 0 aliphatic carbocycles. The molecule has 4 nitrogen and oxygen atoms in total. The van der Waals surface area contributed by atoms with E-state index < -0.39 is 0 Å². The predicted molar refractivity (Wildman–Crippen MR) is 83.5 cm³/mol. The zero-order chi connectivity index (χ0) is 14.9. The van der Waals surface area contributed by atoms with Crippen molar-refractivity contribution in [3.8, 4) is 0 Å². The molecule has 1 saturated heterocycles. The average Bonchev–Trinajstić information content (AvgIpc) is 2.54. The molecular formula is C17H27N2O2+. The summed E-state index contributed by atoms with van der Waals surface area (Å²) in [5.74, 6) is 0.127. The molecule has 1 atom stereocenters. The van der Waals surface area contributed by atoms with E-state index in [0.717, 1.165) is 57.8 Å². The van der Waals surface area contributed by atoms with Crippen molar-refractivity contribution < 1.29 is 14.4 Å². The summed E-state index contributed by atoms with van der Waals surface area (Å²) >= 11 is 0. The van der Waals surface area contributed by atoms with Crippen LogP contribution in [0.5, 0.6) is 0 Å². The van der Waals surface area contributed by atoms with Gasteiger partial charge in [-0.3, -0.25) is 4.79 Å². The van der Waals surface area contributed by atoms with Crippen LogP contribution in [-0.4, -0.2) is 45.3 Å². The van der Waals surface area contributed by atoms with Gasteiger partial charge in [-0.15, -0.1) is 0 Å². The van der Waals surface area contributed by atoms with E-state index in [2.05, 4.69) is 12.2 Å². The molecule has 0 unspecified atom stereocenters. The van der Waals surface area contributed by atoms with Gasteiger partial charge in [-0.25, -0.2) is 0 Å². The van der Waals surface area contributed by atoms with Crippen molar-refractivity contribution in [2.24, 2.45) is 0 Å². The number of amides is 1. The molecule has 21 heavy (non-hydrogen) atoms. The van der Waals surface area contributed by atoms with Crippen LogP contribution >= 0.6 is 0 Å². The first-order chi connectivity index (χ1) is 10.3. The lowest BCUT2D eigenvalue weighted by molar-refractivity contribution is -0.908. The molecule has 1 aliphatic rings. The molecule has 0 saturated carbocycles. The standard InChI is InChI=1S/C17H26N2O2/c1-2-16(15-7-4-3-5-8-15)17(20)18-9-6-10-19-11-13-21-14-12-19/h3-5,7-8,16H,2,6,9-14H2,1H3,(H,18,20)/p+1/t16-/m0/s1. The van der Waals surface area contributed by atoms with E-state index in [1.807, 2.05) is 30.3 Å². The molecule has 2 rings (SSSR count). The van der Waals surface area contributed by atoms with Crippen molar-refractivity contribution in [2.75, 3.05) is 39.4 Å². The zero-order valence-corrected chi connectivity index (χ0v) is 12.9. The van der Waals surface area contributed by atoms with Crippen molar-refractivity contribution in [1.82, 2.24) is 5.32 Å². The Labute approximate surface area is 127 Å². The van der Waals surface area contributed by atoms with Crippen LogP contribution in [0, 0.1) is 0 Å². The third-order valence-corrected chi connectivity index (χ3v) is 4.13. The van der Waals surface area contributed by atoms with E-state index in [1.54, 1.807) is 4.90 Å². The van der Waals surface area contributed by atoms with Gasteiger partial charge in [-0.05, 0) is 12.0 Å². The summed E-state index contributed by atoms with van der Waals surface area (Å²) in [5.41, 5.74) is 1.11. The van der Waals surface area contributed by atoms with Crippen molar-refractivity contribution in [3.05, 3.63) is 35.9 Å². The van der Waals surface area contributed by atoms with Crippen LogP contribution < -0.4 is 10.2 Å². The van der Waals surface area contributed by atoms with Crippen molar-refractivity contribution >= 4 is 5.91 Å². The number of quaternary nitrogens is 1. The van der Waals surface area contributed by atoms with Crippen LogP contribution in [0.4, 0.5) is 0 Å². The lowest BCUT2D eigenvalue weighted by atomic mass is 9.96. The van der Waals surface area contributed by atoms with Gasteiger partial charge < -0.3 is 15.0 Å². The molecule has 2 N–H and O–H groups in total. The Bertz CT molecular complexity index is 416. The maximum Gasteiger partial charge on any atom is 0.227 e. The van der Waals surface area contributed by atoms with Gasteiger partial charge in [-0.2, -0.15) is 0 Å². The van der Waals surface area contributed by atoms with Crippen LogP contribution in [0.3, 0.4) is 0 Å². The molecule has 1 aromatic carbocycles. The van der Waals surface area contributed by atoms with Crippen LogP contribution in [0.15, 0.2) is 30.3 Å². The largest absolute Gasteiger partial charge is 0.370 e. The highest BCUT2D eigenvalue weighted by Gasteiger charge is 2.18. The number of rotatable bonds is 7. The Kier molecular flexibility index (Phi) is 6.70. The number of ether oxygens (including phenoxy) is 1. The number of nitrogens with one attached hydrogen (secondary N) is 2. The minimum absolute atomic E-state index is 0.0260. The first-order valence-corrected chi connectivity index (χ1v) is 8.05. The first kappa shape index (κ1) is 16.0. The molecule has 1 aliphatic heterocycles. The highest BCUT2D eigenvalue weighted by Crippen LogP contribution is 2.18. The fourth-order valence-electron chi connectivity index (χ4n) is 2.84.